The fraction of sp³-hybridized carbons (Fsp3) is 0.0667. The summed E-state index contributed by atoms with van der Waals surface area (Å²) in [4.78, 5) is 2.19. The lowest BCUT2D eigenvalue weighted by Gasteiger charge is -2.25. The summed E-state index contributed by atoms with van der Waals surface area (Å²) in [6.07, 6.45) is 3.70. The molecule has 0 unspecified atom stereocenters. The number of hydrogen-bond acceptors (Lipinski definition) is 2. The van der Waals surface area contributed by atoms with Crippen molar-refractivity contribution in [1.29, 1.82) is 0 Å². The Morgan fingerprint density at radius 1 is 0.882 bits per heavy atom. The van der Waals surface area contributed by atoms with Gasteiger partial charge in [-0.2, -0.15) is 0 Å². The Morgan fingerprint density at radius 2 is 1.65 bits per heavy atom. The van der Waals surface area contributed by atoms with E-state index in [1.165, 1.54) is 5.56 Å². The van der Waals surface area contributed by atoms with Crippen LogP contribution in [0.25, 0.3) is 0 Å². The highest BCUT2D eigenvalue weighted by Crippen LogP contribution is 2.32. The molecule has 0 amide bonds. The maximum absolute atomic E-state index is 5.47. The number of para-hydroxylation sites is 2. The SMILES string of the molecule is C1=CN(Cc2ccccc2)c2ccccc2O1. The maximum Gasteiger partial charge on any atom is 0.150 e. The molecule has 0 spiro atoms. The zero-order chi connectivity index (χ0) is 11.5. The maximum atomic E-state index is 5.47. The van der Waals surface area contributed by atoms with Crippen LogP contribution in [-0.4, -0.2) is 0 Å². The van der Waals surface area contributed by atoms with Crippen LogP contribution in [0, 0.1) is 0 Å². The molecule has 0 atom stereocenters. The number of fused-ring (bicyclic) bond motifs is 1. The van der Waals surface area contributed by atoms with Crippen LogP contribution in [0.15, 0.2) is 67.1 Å². The molecule has 2 heteroatoms. The van der Waals surface area contributed by atoms with Crippen molar-refractivity contribution in [3.05, 3.63) is 72.6 Å². The van der Waals surface area contributed by atoms with Gasteiger partial charge >= 0.3 is 0 Å². The second kappa shape index (κ2) is 4.34. The van der Waals surface area contributed by atoms with Gasteiger partial charge in [-0.1, -0.05) is 42.5 Å². The molecule has 2 aromatic carbocycles. The van der Waals surface area contributed by atoms with E-state index in [1.807, 2.05) is 30.5 Å². The van der Waals surface area contributed by atoms with Gasteiger partial charge in [0.1, 0.15) is 12.0 Å². The largest absolute Gasteiger partial charge is 0.461 e. The van der Waals surface area contributed by atoms with Crippen molar-refractivity contribution in [1.82, 2.24) is 0 Å². The summed E-state index contributed by atoms with van der Waals surface area (Å²) in [6.45, 7) is 0.859. The van der Waals surface area contributed by atoms with Crippen LogP contribution in [0.4, 0.5) is 5.69 Å². The fourth-order valence-corrected chi connectivity index (χ4v) is 1.97. The van der Waals surface area contributed by atoms with Crippen molar-refractivity contribution in [2.24, 2.45) is 0 Å². The topological polar surface area (TPSA) is 12.5 Å². The molecule has 0 fully saturated rings. The minimum Gasteiger partial charge on any atom is -0.461 e. The Balaban J connectivity index is 1.89. The zero-order valence-corrected chi connectivity index (χ0v) is 9.41. The molecule has 2 aromatic rings. The summed E-state index contributed by atoms with van der Waals surface area (Å²) in [5.74, 6) is 0.908. The molecule has 0 bridgehead atoms. The van der Waals surface area contributed by atoms with Gasteiger partial charge in [-0.25, -0.2) is 0 Å². The average Bonchev–Trinajstić information content (AvgIpc) is 2.40. The lowest BCUT2D eigenvalue weighted by molar-refractivity contribution is 0.469. The predicted octanol–water partition coefficient (Wildman–Crippen LogP) is 3.56. The Kier molecular flexibility index (Phi) is 2.54. The van der Waals surface area contributed by atoms with E-state index >= 15 is 0 Å². The highest BCUT2D eigenvalue weighted by atomic mass is 16.5. The lowest BCUT2D eigenvalue weighted by atomic mass is 10.2. The first-order chi connectivity index (χ1) is 8.43. The van der Waals surface area contributed by atoms with Crippen molar-refractivity contribution in [3.63, 3.8) is 0 Å². The smallest absolute Gasteiger partial charge is 0.150 e. The van der Waals surface area contributed by atoms with Crippen molar-refractivity contribution in [2.75, 3.05) is 4.90 Å². The third-order valence-electron chi connectivity index (χ3n) is 2.81. The van der Waals surface area contributed by atoms with Crippen molar-refractivity contribution in [3.8, 4) is 5.75 Å². The molecule has 3 rings (SSSR count). The first-order valence-electron chi connectivity index (χ1n) is 5.66. The molecule has 0 saturated carbocycles. The van der Waals surface area contributed by atoms with E-state index < -0.39 is 0 Å². The van der Waals surface area contributed by atoms with Gasteiger partial charge in [-0.3, -0.25) is 0 Å². The van der Waals surface area contributed by atoms with E-state index in [-0.39, 0.29) is 0 Å². The molecular formula is C15H13NO. The number of ether oxygens (including phenoxy) is 1. The van der Waals surface area contributed by atoms with Gasteiger partial charge in [0.05, 0.1) is 5.69 Å². The molecule has 2 nitrogen and oxygen atoms in total. The molecule has 1 aliphatic rings. The van der Waals surface area contributed by atoms with Crippen LogP contribution >= 0.6 is 0 Å². The van der Waals surface area contributed by atoms with E-state index in [0.29, 0.717) is 0 Å². The van der Waals surface area contributed by atoms with Gasteiger partial charge < -0.3 is 9.64 Å². The fourth-order valence-electron chi connectivity index (χ4n) is 1.97. The van der Waals surface area contributed by atoms with E-state index in [9.17, 15) is 0 Å². The highest BCUT2D eigenvalue weighted by Gasteiger charge is 2.13. The summed E-state index contributed by atoms with van der Waals surface area (Å²) in [6, 6.07) is 18.5. The van der Waals surface area contributed by atoms with Crippen LogP contribution in [0.5, 0.6) is 5.75 Å². The minimum atomic E-state index is 0.859. The van der Waals surface area contributed by atoms with Crippen LogP contribution in [0.1, 0.15) is 5.56 Å². The van der Waals surface area contributed by atoms with Crippen LogP contribution < -0.4 is 9.64 Å². The Bertz CT molecular complexity index is 534. The van der Waals surface area contributed by atoms with Crippen molar-refractivity contribution >= 4 is 5.69 Å². The number of benzene rings is 2. The Morgan fingerprint density at radius 3 is 2.53 bits per heavy atom. The summed E-state index contributed by atoms with van der Waals surface area (Å²) in [5.41, 5.74) is 2.40. The highest BCUT2D eigenvalue weighted by molar-refractivity contribution is 5.62. The molecule has 1 aliphatic heterocycles. The first-order valence-corrected chi connectivity index (χ1v) is 5.66. The standard InChI is InChI=1S/C15H13NO/c1-2-6-13(7-3-1)12-16-10-11-17-15-9-5-4-8-14(15)16/h1-11H,12H2. The average molecular weight is 223 g/mol. The van der Waals surface area contributed by atoms with Gasteiger partial charge in [0.15, 0.2) is 0 Å². The van der Waals surface area contributed by atoms with Crippen LogP contribution in [0.2, 0.25) is 0 Å². The zero-order valence-electron chi connectivity index (χ0n) is 9.41. The molecule has 17 heavy (non-hydrogen) atoms. The Hall–Kier alpha value is -2.22. The molecular weight excluding hydrogens is 210 g/mol. The summed E-state index contributed by atoms with van der Waals surface area (Å²) in [5, 5.41) is 0. The molecule has 0 aromatic heterocycles. The lowest BCUT2D eigenvalue weighted by Crippen LogP contribution is -2.18. The van der Waals surface area contributed by atoms with E-state index in [0.717, 1.165) is 18.0 Å². The van der Waals surface area contributed by atoms with E-state index in [2.05, 4.69) is 35.2 Å². The molecule has 1 heterocycles. The number of hydrogen-bond donors (Lipinski definition) is 0. The van der Waals surface area contributed by atoms with Gasteiger partial charge in [0.2, 0.25) is 0 Å². The summed E-state index contributed by atoms with van der Waals surface area (Å²) >= 11 is 0. The molecule has 0 saturated heterocycles. The van der Waals surface area contributed by atoms with Crippen LogP contribution in [0.3, 0.4) is 0 Å². The van der Waals surface area contributed by atoms with Gasteiger partial charge in [-0.05, 0) is 17.7 Å². The van der Waals surface area contributed by atoms with E-state index in [1.54, 1.807) is 6.26 Å². The third-order valence-corrected chi connectivity index (χ3v) is 2.81. The van der Waals surface area contributed by atoms with Gasteiger partial charge in [0, 0.05) is 12.7 Å². The van der Waals surface area contributed by atoms with E-state index in [4.69, 9.17) is 4.74 Å². The van der Waals surface area contributed by atoms with Gasteiger partial charge in [-0.15, -0.1) is 0 Å². The second-order valence-corrected chi connectivity index (χ2v) is 3.98. The number of nitrogens with zero attached hydrogens (tertiary/aromatic N) is 1. The molecule has 84 valence electrons. The van der Waals surface area contributed by atoms with Crippen molar-refractivity contribution < 1.29 is 4.74 Å². The summed E-state index contributed by atoms with van der Waals surface area (Å²) in [7, 11) is 0. The Labute approximate surface area is 101 Å². The summed E-state index contributed by atoms with van der Waals surface area (Å²) < 4.78 is 5.47. The third kappa shape index (κ3) is 2.02. The van der Waals surface area contributed by atoms with Crippen molar-refractivity contribution in [2.45, 2.75) is 6.54 Å². The number of anilines is 1. The van der Waals surface area contributed by atoms with Gasteiger partial charge in [0.25, 0.3) is 0 Å². The monoisotopic (exact) mass is 223 g/mol. The predicted molar refractivity (Wildman–Crippen MR) is 68.8 cm³/mol. The van der Waals surface area contributed by atoms with Crippen LogP contribution in [-0.2, 0) is 6.54 Å². The normalized spacial score (nSPS) is 13.1. The molecule has 0 N–H and O–H groups in total. The number of rotatable bonds is 2. The molecule has 0 aliphatic carbocycles. The second-order valence-electron chi connectivity index (χ2n) is 3.98. The first kappa shape index (κ1) is 9.97. The quantitative estimate of drug-likeness (QED) is 0.771. The molecule has 0 radical (unpaired) electrons. The minimum absolute atomic E-state index is 0.859.